The third kappa shape index (κ3) is 8.29. The van der Waals surface area contributed by atoms with Crippen molar-refractivity contribution >= 4 is 33.6 Å². The van der Waals surface area contributed by atoms with Gasteiger partial charge in [-0.05, 0) is 39.7 Å². The van der Waals surface area contributed by atoms with Crippen molar-refractivity contribution in [3.63, 3.8) is 0 Å². The molecular formula is C30H35BrN4O4. The van der Waals surface area contributed by atoms with Gasteiger partial charge in [-0.1, -0.05) is 60.7 Å². The van der Waals surface area contributed by atoms with Crippen LogP contribution in [0.3, 0.4) is 0 Å². The lowest BCUT2D eigenvalue weighted by atomic mass is 10.0. The van der Waals surface area contributed by atoms with Crippen molar-refractivity contribution in [1.29, 1.82) is 0 Å². The number of ether oxygens (including phenoxy) is 2. The number of carbonyl (C=O) groups excluding carboxylic acids is 2. The lowest BCUT2D eigenvalue weighted by Gasteiger charge is -2.32. The van der Waals surface area contributed by atoms with Gasteiger partial charge in [0.1, 0.15) is 11.8 Å². The summed E-state index contributed by atoms with van der Waals surface area (Å²) in [6, 6.07) is 23.6. The zero-order valence-electron chi connectivity index (χ0n) is 22.1. The van der Waals surface area contributed by atoms with Gasteiger partial charge in [0.25, 0.3) is 0 Å². The SMILES string of the molecule is COc1ccccc1CN(C(=O)Nc1ccccc1Br)C(Cc1ccccc1)C(=O)NCCN1CCOCC1. The number of amides is 3. The average molecular weight is 596 g/mol. The van der Waals surface area contributed by atoms with Gasteiger partial charge in [0, 0.05) is 42.6 Å². The van der Waals surface area contributed by atoms with E-state index in [9.17, 15) is 9.59 Å². The lowest BCUT2D eigenvalue weighted by Crippen LogP contribution is -2.53. The van der Waals surface area contributed by atoms with Crippen LogP contribution in [0.15, 0.2) is 83.3 Å². The predicted octanol–water partition coefficient (Wildman–Crippen LogP) is 4.55. The largest absolute Gasteiger partial charge is 0.496 e. The Kier molecular flexibility index (Phi) is 10.8. The number of benzene rings is 3. The molecule has 1 unspecified atom stereocenters. The monoisotopic (exact) mass is 594 g/mol. The highest BCUT2D eigenvalue weighted by atomic mass is 79.9. The number of urea groups is 1. The molecule has 3 aromatic carbocycles. The minimum absolute atomic E-state index is 0.189. The topological polar surface area (TPSA) is 83.1 Å². The molecule has 3 aromatic rings. The maximum Gasteiger partial charge on any atom is 0.322 e. The van der Waals surface area contributed by atoms with Gasteiger partial charge in [-0.3, -0.25) is 9.69 Å². The van der Waals surface area contributed by atoms with Crippen molar-refractivity contribution in [1.82, 2.24) is 15.1 Å². The second-order valence-electron chi connectivity index (χ2n) is 9.30. The van der Waals surface area contributed by atoms with E-state index in [4.69, 9.17) is 9.47 Å². The fourth-order valence-electron chi connectivity index (χ4n) is 4.55. The molecule has 3 amide bonds. The van der Waals surface area contributed by atoms with Gasteiger partial charge in [-0.15, -0.1) is 0 Å². The molecule has 4 rings (SSSR count). The predicted molar refractivity (Wildman–Crippen MR) is 156 cm³/mol. The summed E-state index contributed by atoms with van der Waals surface area (Å²) in [7, 11) is 1.60. The molecule has 1 heterocycles. The molecule has 9 heteroatoms. The van der Waals surface area contributed by atoms with Crippen molar-refractivity contribution < 1.29 is 19.1 Å². The minimum Gasteiger partial charge on any atom is -0.496 e. The number of para-hydroxylation sites is 2. The van der Waals surface area contributed by atoms with Crippen molar-refractivity contribution in [2.45, 2.75) is 19.0 Å². The molecule has 0 radical (unpaired) electrons. The van der Waals surface area contributed by atoms with Gasteiger partial charge in [0.05, 0.1) is 32.6 Å². The highest BCUT2D eigenvalue weighted by molar-refractivity contribution is 9.10. The molecule has 1 fully saturated rings. The van der Waals surface area contributed by atoms with Crippen LogP contribution in [0, 0.1) is 0 Å². The van der Waals surface area contributed by atoms with E-state index in [2.05, 4.69) is 31.5 Å². The summed E-state index contributed by atoms with van der Waals surface area (Å²) in [5.74, 6) is 0.451. The summed E-state index contributed by atoms with van der Waals surface area (Å²) in [6.45, 7) is 4.49. The summed E-state index contributed by atoms with van der Waals surface area (Å²) in [4.78, 5) is 31.5. The molecular weight excluding hydrogens is 560 g/mol. The average Bonchev–Trinajstić information content (AvgIpc) is 2.97. The first-order chi connectivity index (χ1) is 19.0. The van der Waals surface area contributed by atoms with Crippen LogP contribution in [0.1, 0.15) is 11.1 Å². The first-order valence-corrected chi connectivity index (χ1v) is 13.9. The molecule has 1 aliphatic heterocycles. The molecule has 1 aliphatic rings. The van der Waals surface area contributed by atoms with Crippen LogP contribution in [0.5, 0.6) is 5.75 Å². The van der Waals surface area contributed by atoms with Gasteiger partial charge in [0.15, 0.2) is 0 Å². The molecule has 0 aliphatic carbocycles. The second-order valence-corrected chi connectivity index (χ2v) is 10.2. The van der Waals surface area contributed by atoms with E-state index in [0.29, 0.717) is 37.6 Å². The number of rotatable bonds is 11. The fraction of sp³-hybridized carbons (Fsp3) is 0.333. The van der Waals surface area contributed by atoms with Crippen molar-refractivity contribution in [2.24, 2.45) is 0 Å². The standard InChI is InChI=1S/C30H35BrN4O4/c1-38-28-14-8-5-11-24(28)22-35(30(37)33-26-13-7-6-12-25(26)31)27(21-23-9-3-2-4-10-23)29(36)32-15-16-34-17-19-39-20-18-34/h2-14,27H,15-22H2,1H3,(H,32,36)(H,33,37). The second kappa shape index (κ2) is 14.7. The zero-order chi connectivity index (χ0) is 27.5. The Labute approximate surface area is 238 Å². The third-order valence-electron chi connectivity index (χ3n) is 6.69. The number of hydrogen-bond acceptors (Lipinski definition) is 5. The number of hydrogen-bond donors (Lipinski definition) is 2. The molecule has 0 aromatic heterocycles. The van der Waals surface area contributed by atoms with E-state index in [1.54, 1.807) is 12.0 Å². The summed E-state index contributed by atoms with van der Waals surface area (Å²) in [5.41, 5.74) is 2.39. The molecule has 206 valence electrons. The quantitative estimate of drug-likeness (QED) is 0.340. The molecule has 2 N–H and O–H groups in total. The van der Waals surface area contributed by atoms with Crippen LogP contribution in [0.25, 0.3) is 0 Å². The van der Waals surface area contributed by atoms with Crippen molar-refractivity contribution in [3.05, 3.63) is 94.5 Å². The molecule has 0 saturated carbocycles. The Morgan fingerprint density at radius 2 is 1.69 bits per heavy atom. The van der Waals surface area contributed by atoms with Crippen LogP contribution in [0.4, 0.5) is 10.5 Å². The normalized spacial score (nSPS) is 14.3. The summed E-state index contributed by atoms with van der Waals surface area (Å²) in [5, 5.41) is 6.09. The van der Waals surface area contributed by atoms with E-state index in [1.807, 2.05) is 78.9 Å². The number of morpholine rings is 1. The Balaban J connectivity index is 1.61. The van der Waals surface area contributed by atoms with Crippen LogP contribution in [-0.4, -0.2) is 74.3 Å². The summed E-state index contributed by atoms with van der Waals surface area (Å²) in [6.07, 6.45) is 0.364. The lowest BCUT2D eigenvalue weighted by molar-refractivity contribution is -0.125. The minimum atomic E-state index is -0.760. The number of nitrogens with zero attached hydrogens (tertiary/aromatic N) is 2. The van der Waals surface area contributed by atoms with E-state index >= 15 is 0 Å². The first kappa shape index (κ1) is 28.6. The van der Waals surface area contributed by atoms with Gasteiger partial charge in [-0.25, -0.2) is 4.79 Å². The number of carbonyl (C=O) groups is 2. The fourth-order valence-corrected chi connectivity index (χ4v) is 4.94. The highest BCUT2D eigenvalue weighted by Gasteiger charge is 2.31. The van der Waals surface area contributed by atoms with E-state index in [-0.39, 0.29) is 18.5 Å². The van der Waals surface area contributed by atoms with Crippen molar-refractivity contribution in [3.8, 4) is 5.75 Å². The molecule has 0 bridgehead atoms. The zero-order valence-corrected chi connectivity index (χ0v) is 23.7. The Bertz CT molecular complexity index is 1220. The molecule has 1 saturated heterocycles. The maximum absolute atomic E-state index is 13.9. The van der Waals surface area contributed by atoms with Crippen LogP contribution < -0.4 is 15.4 Å². The maximum atomic E-state index is 13.9. The smallest absolute Gasteiger partial charge is 0.322 e. The summed E-state index contributed by atoms with van der Waals surface area (Å²) >= 11 is 3.51. The van der Waals surface area contributed by atoms with E-state index in [1.165, 1.54) is 0 Å². The van der Waals surface area contributed by atoms with Crippen molar-refractivity contribution in [2.75, 3.05) is 51.8 Å². The Hall–Kier alpha value is -3.40. The van der Waals surface area contributed by atoms with Gasteiger partial charge in [-0.2, -0.15) is 0 Å². The van der Waals surface area contributed by atoms with Crippen LogP contribution in [-0.2, 0) is 22.5 Å². The third-order valence-corrected chi connectivity index (χ3v) is 7.38. The molecule has 0 spiro atoms. The number of anilines is 1. The number of nitrogens with one attached hydrogen (secondary N) is 2. The van der Waals surface area contributed by atoms with Crippen LogP contribution >= 0.6 is 15.9 Å². The Morgan fingerprint density at radius 1 is 1.00 bits per heavy atom. The van der Waals surface area contributed by atoms with Crippen LogP contribution in [0.2, 0.25) is 0 Å². The molecule has 39 heavy (non-hydrogen) atoms. The van der Waals surface area contributed by atoms with E-state index < -0.39 is 6.04 Å². The summed E-state index contributed by atoms with van der Waals surface area (Å²) < 4.78 is 11.8. The Morgan fingerprint density at radius 3 is 2.44 bits per heavy atom. The number of methoxy groups -OCH3 is 1. The molecule has 1 atom stereocenters. The van der Waals surface area contributed by atoms with Gasteiger partial charge < -0.3 is 25.0 Å². The first-order valence-electron chi connectivity index (χ1n) is 13.1. The highest BCUT2D eigenvalue weighted by Crippen LogP contribution is 2.25. The van der Waals surface area contributed by atoms with Gasteiger partial charge in [0.2, 0.25) is 5.91 Å². The number of halogens is 1. The van der Waals surface area contributed by atoms with E-state index in [0.717, 1.165) is 35.2 Å². The van der Waals surface area contributed by atoms with Gasteiger partial charge >= 0.3 is 6.03 Å². The molecule has 8 nitrogen and oxygen atoms in total.